The van der Waals surface area contributed by atoms with Gasteiger partial charge in [-0.05, 0) is 25.0 Å². The number of unbranched alkanes of at least 4 members (excludes halogenated alkanes) is 1. The SMILES string of the molecule is O=CNOCCCCc1cc2ccccc2o1. The molecule has 0 saturated heterocycles. The van der Waals surface area contributed by atoms with Gasteiger partial charge in [0, 0.05) is 11.8 Å². The van der Waals surface area contributed by atoms with Crippen molar-refractivity contribution in [3.05, 3.63) is 36.1 Å². The maximum absolute atomic E-state index is 9.91. The third kappa shape index (κ3) is 3.32. The zero-order valence-corrected chi connectivity index (χ0v) is 9.52. The van der Waals surface area contributed by atoms with Crippen molar-refractivity contribution in [2.75, 3.05) is 6.61 Å². The van der Waals surface area contributed by atoms with Gasteiger partial charge in [-0.25, -0.2) is 5.48 Å². The Kier molecular flexibility index (Phi) is 4.16. The van der Waals surface area contributed by atoms with Gasteiger partial charge in [-0.1, -0.05) is 18.2 Å². The Bertz CT molecular complexity index is 445. The molecule has 0 aliphatic heterocycles. The topological polar surface area (TPSA) is 51.5 Å². The van der Waals surface area contributed by atoms with Gasteiger partial charge in [-0.15, -0.1) is 0 Å². The van der Waals surface area contributed by atoms with E-state index in [-0.39, 0.29) is 0 Å². The van der Waals surface area contributed by atoms with Crippen molar-refractivity contribution < 1.29 is 14.0 Å². The molecule has 1 aromatic carbocycles. The van der Waals surface area contributed by atoms with Gasteiger partial charge in [0.25, 0.3) is 0 Å². The molecule has 1 aromatic heterocycles. The fourth-order valence-electron chi connectivity index (χ4n) is 1.73. The number of carbonyl (C=O) groups is 1. The Morgan fingerprint density at radius 1 is 1.29 bits per heavy atom. The highest BCUT2D eigenvalue weighted by Crippen LogP contribution is 2.19. The summed E-state index contributed by atoms with van der Waals surface area (Å²) in [4.78, 5) is 14.7. The van der Waals surface area contributed by atoms with Crippen molar-refractivity contribution in [1.82, 2.24) is 5.48 Å². The van der Waals surface area contributed by atoms with E-state index in [9.17, 15) is 4.79 Å². The highest BCUT2D eigenvalue weighted by atomic mass is 16.6. The van der Waals surface area contributed by atoms with Crippen LogP contribution in [-0.4, -0.2) is 13.0 Å². The standard InChI is InChI=1S/C13H15NO3/c15-10-14-16-8-4-3-6-12-9-11-5-1-2-7-13(11)17-12/h1-2,5,7,9-10H,3-4,6,8H2,(H,14,15). The smallest absolute Gasteiger partial charge is 0.230 e. The van der Waals surface area contributed by atoms with E-state index in [1.165, 1.54) is 0 Å². The molecule has 0 aliphatic rings. The van der Waals surface area contributed by atoms with E-state index in [2.05, 4.69) is 11.5 Å². The van der Waals surface area contributed by atoms with Gasteiger partial charge in [-0.2, -0.15) is 0 Å². The van der Waals surface area contributed by atoms with E-state index in [1.54, 1.807) is 0 Å². The number of amides is 1. The molecular weight excluding hydrogens is 218 g/mol. The molecule has 0 bridgehead atoms. The fourth-order valence-corrected chi connectivity index (χ4v) is 1.73. The first-order valence-electron chi connectivity index (χ1n) is 5.68. The third-order valence-electron chi connectivity index (χ3n) is 2.53. The lowest BCUT2D eigenvalue weighted by atomic mass is 10.2. The number of aryl methyl sites for hydroxylation is 1. The molecule has 90 valence electrons. The lowest BCUT2D eigenvalue weighted by Crippen LogP contribution is -2.12. The predicted molar refractivity (Wildman–Crippen MR) is 64.3 cm³/mol. The average molecular weight is 233 g/mol. The minimum atomic E-state index is 0.527. The molecule has 0 fully saturated rings. The van der Waals surface area contributed by atoms with Gasteiger partial charge in [0.15, 0.2) is 0 Å². The Morgan fingerprint density at radius 3 is 3.00 bits per heavy atom. The molecule has 0 unspecified atom stereocenters. The summed E-state index contributed by atoms with van der Waals surface area (Å²) >= 11 is 0. The van der Waals surface area contributed by atoms with Crippen LogP contribution >= 0.6 is 0 Å². The van der Waals surface area contributed by atoms with E-state index in [0.717, 1.165) is 36.0 Å². The van der Waals surface area contributed by atoms with Crippen molar-refractivity contribution in [3.8, 4) is 0 Å². The van der Waals surface area contributed by atoms with Gasteiger partial charge in [0.1, 0.15) is 11.3 Å². The Balaban J connectivity index is 1.77. The number of hydroxylamine groups is 1. The maximum Gasteiger partial charge on any atom is 0.230 e. The summed E-state index contributed by atoms with van der Waals surface area (Å²) in [7, 11) is 0. The first kappa shape index (κ1) is 11.7. The van der Waals surface area contributed by atoms with E-state index in [4.69, 9.17) is 9.25 Å². The molecule has 0 atom stereocenters. The molecular formula is C13H15NO3. The fraction of sp³-hybridized carbons (Fsp3) is 0.308. The van der Waals surface area contributed by atoms with Crippen molar-refractivity contribution >= 4 is 17.4 Å². The van der Waals surface area contributed by atoms with Crippen molar-refractivity contribution in [3.63, 3.8) is 0 Å². The minimum absolute atomic E-state index is 0.527. The lowest BCUT2D eigenvalue weighted by Gasteiger charge is -1.99. The van der Waals surface area contributed by atoms with Gasteiger partial charge in [0.05, 0.1) is 6.61 Å². The van der Waals surface area contributed by atoms with Crippen LogP contribution in [0.2, 0.25) is 0 Å². The lowest BCUT2D eigenvalue weighted by molar-refractivity contribution is -0.120. The number of fused-ring (bicyclic) bond motifs is 1. The van der Waals surface area contributed by atoms with E-state index < -0.39 is 0 Å². The van der Waals surface area contributed by atoms with E-state index >= 15 is 0 Å². The van der Waals surface area contributed by atoms with Gasteiger partial charge in [0.2, 0.25) is 6.41 Å². The van der Waals surface area contributed by atoms with Crippen LogP contribution in [-0.2, 0) is 16.1 Å². The number of para-hydroxylation sites is 1. The molecule has 0 saturated carbocycles. The van der Waals surface area contributed by atoms with Crippen LogP contribution < -0.4 is 5.48 Å². The molecule has 4 heteroatoms. The third-order valence-corrected chi connectivity index (χ3v) is 2.53. The van der Waals surface area contributed by atoms with Gasteiger partial charge >= 0.3 is 0 Å². The quantitative estimate of drug-likeness (QED) is 0.454. The highest BCUT2D eigenvalue weighted by Gasteiger charge is 2.02. The zero-order valence-electron chi connectivity index (χ0n) is 9.52. The summed E-state index contributed by atoms with van der Waals surface area (Å²) in [5.41, 5.74) is 3.10. The summed E-state index contributed by atoms with van der Waals surface area (Å²) in [6, 6.07) is 10.0. The maximum atomic E-state index is 9.91. The van der Waals surface area contributed by atoms with Crippen molar-refractivity contribution in [2.24, 2.45) is 0 Å². The van der Waals surface area contributed by atoms with Gasteiger partial charge < -0.3 is 4.42 Å². The number of benzene rings is 1. The largest absolute Gasteiger partial charge is 0.461 e. The summed E-state index contributed by atoms with van der Waals surface area (Å²) in [6.45, 7) is 0.527. The molecule has 4 nitrogen and oxygen atoms in total. The molecule has 2 rings (SSSR count). The predicted octanol–water partition coefficient (Wildman–Crippen LogP) is 2.43. The van der Waals surface area contributed by atoms with Gasteiger partial charge in [-0.3, -0.25) is 9.63 Å². The van der Waals surface area contributed by atoms with Crippen LogP contribution in [0.15, 0.2) is 34.7 Å². The van der Waals surface area contributed by atoms with Crippen LogP contribution in [0.4, 0.5) is 0 Å². The number of nitrogens with one attached hydrogen (secondary N) is 1. The molecule has 1 N–H and O–H groups in total. The second-order valence-corrected chi connectivity index (χ2v) is 3.79. The van der Waals surface area contributed by atoms with Crippen LogP contribution in [0.3, 0.4) is 0 Å². The molecule has 0 radical (unpaired) electrons. The summed E-state index contributed by atoms with van der Waals surface area (Å²) in [5, 5.41) is 1.14. The first-order valence-corrected chi connectivity index (χ1v) is 5.68. The Morgan fingerprint density at radius 2 is 2.18 bits per heavy atom. The average Bonchev–Trinajstić information content (AvgIpc) is 2.76. The first-order chi connectivity index (χ1) is 8.40. The number of hydrogen-bond acceptors (Lipinski definition) is 3. The number of furan rings is 1. The molecule has 1 heterocycles. The Labute approximate surface area is 99.5 Å². The van der Waals surface area contributed by atoms with Crippen LogP contribution in [0.1, 0.15) is 18.6 Å². The normalized spacial score (nSPS) is 10.6. The van der Waals surface area contributed by atoms with Crippen LogP contribution in [0.5, 0.6) is 0 Å². The molecule has 0 spiro atoms. The van der Waals surface area contributed by atoms with E-state index in [0.29, 0.717) is 13.0 Å². The van der Waals surface area contributed by atoms with E-state index in [1.807, 2.05) is 24.3 Å². The molecule has 17 heavy (non-hydrogen) atoms. The minimum Gasteiger partial charge on any atom is -0.461 e. The van der Waals surface area contributed by atoms with Crippen molar-refractivity contribution in [2.45, 2.75) is 19.3 Å². The summed E-state index contributed by atoms with van der Waals surface area (Å²) in [5.74, 6) is 0.995. The monoisotopic (exact) mass is 233 g/mol. The number of carbonyl (C=O) groups excluding carboxylic acids is 1. The van der Waals surface area contributed by atoms with Crippen molar-refractivity contribution in [1.29, 1.82) is 0 Å². The second-order valence-electron chi connectivity index (χ2n) is 3.79. The summed E-state index contributed by atoms with van der Waals surface area (Å²) < 4.78 is 5.68. The molecule has 1 amide bonds. The van der Waals surface area contributed by atoms with Crippen LogP contribution in [0, 0.1) is 0 Å². The highest BCUT2D eigenvalue weighted by molar-refractivity contribution is 5.77. The zero-order chi connectivity index (χ0) is 11.9. The van der Waals surface area contributed by atoms with Crippen LogP contribution in [0.25, 0.3) is 11.0 Å². The molecule has 2 aromatic rings. The molecule has 0 aliphatic carbocycles. The summed E-state index contributed by atoms with van der Waals surface area (Å²) in [6.07, 6.45) is 3.27. The second kappa shape index (κ2) is 6.06. The number of hydrogen-bond donors (Lipinski definition) is 1. The Hall–Kier alpha value is -1.81. The number of rotatable bonds is 7.